The van der Waals surface area contributed by atoms with Crippen LogP contribution < -0.4 is 15.4 Å². The van der Waals surface area contributed by atoms with Gasteiger partial charge in [-0.25, -0.2) is 4.39 Å². The third-order valence-corrected chi connectivity index (χ3v) is 4.07. The molecular formula is C21H24FN5O. The molecule has 0 atom stereocenters. The van der Waals surface area contributed by atoms with Gasteiger partial charge in [0.1, 0.15) is 17.3 Å². The molecule has 146 valence electrons. The Morgan fingerprint density at radius 1 is 1.07 bits per heavy atom. The van der Waals surface area contributed by atoms with Crippen LogP contribution in [0.3, 0.4) is 0 Å². The molecule has 0 saturated carbocycles. The molecular weight excluding hydrogens is 357 g/mol. The van der Waals surface area contributed by atoms with Crippen LogP contribution in [0.4, 0.5) is 4.39 Å². The van der Waals surface area contributed by atoms with Crippen molar-refractivity contribution in [3.8, 4) is 11.5 Å². The topological polar surface area (TPSA) is 63.5 Å². The van der Waals surface area contributed by atoms with Crippen LogP contribution in [0.25, 0.3) is 0 Å². The number of aryl methyl sites for hydroxylation is 1. The van der Waals surface area contributed by atoms with E-state index >= 15 is 0 Å². The second-order valence-electron chi connectivity index (χ2n) is 6.18. The summed E-state index contributed by atoms with van der Waals surface area (Å²) in [6, 6.07) is 15.6. The minimum absolute atomic E-state index is 0.280. The van der Waals surface area contributed by atoms with Gasteiger partial charge >= 0.3 is 0 Å². The first-order valence-electron chi connectivity index (χ1n) is 9.17. The number of aromatic nitrogens is 2. The van der Waals surface area contributed by atoms with Gasteiger partial charge in [0.15, 0.2) is 5.96 Å². The van der Waals surface area contributed by atoms with E-state index in [9.17, 15) is 4.39 Å². The molecule has 2 N–H and O–H groups in total. The molecule has 0 spiro atoms. The van der Waals surface area contributed by atoms with Crippen LogP contribution >= 0.6 is 0 Å². The number of hydrogen-bond acceptors (Lipinski definition) is 3. The largest absolute Gasteiger partial charge is 0.457 e. The van der Waals surface area contributed by atoms with Crippen molar-refractivity contribution in [1.82, 2.24) is 20.4 Å². The summed E-state index contributed by atoms with van der Waals surface area (Å²) in [4.78, 5) is 4.23. The van der Waals surface area contributed by atoms with Gasteiger partial charge in [0.25, 0.3) is 0 Å². The first-order chi connectivity index (χ1) is 13.7. The van der Waals surface area contributed by atoms with Crippen molar-refractivity contribution in [2.75, 3.05) is 13.6 Å². The van der Waals surface area contributed by atoms with Crippen molar-refractivity contribution >= 4 is 5.96 Å². The van der Waals surface area contributed by atoms with Gasteiger partial charge in [-0.05, 0) is 54.4 Å². The Labute approximate surface area is 164 Å². The lowest BCUT2D eigenvalue weighted by molar-refractivity contribution is 0.480. The Morgan fingerprint density at radius 2 is 1.79 bits per heavy atom. The van der Waals surface area contributed by atoms with Crippen LogP contribution in [0.15, 0.2) is 72.0 Å². The van der Waals surface area contributed by atoms with Gasteiger partial charge < -0.3 is 15.4 Å². The van der Waals surface area contributed by atoms with Crippen molar-refractivity contribution < 1.29 is 9.13 Å². The fourth-order valence-electron chi connectivity index (χ4n) is 2.60. The number of nitrogens with zero attached hydrogens (tertiary/aromatic N) is 3. The first kappa shape index (κ1) is 19.4. The lowest BCUT2D eigenvalue weighted by Crippen LogP contribution is -2.37. The summed E-state index contributed by atoms with van der Waals surface area (Å²) in [5, 5.41) is 10.8. The van der Waals surface area contributed by atoms with E-state index in [4.69, 9.17) is 4.74 Å². The number of guanidine groups is 1. The third-order valence-electron chi connectivity index (χ3n) is 4.07. The van der Waals surface area contributed by atoms with Crippen molar-refractivity contribution in [2.45, 2.75) is 19.5 Å². The summed E-state index contributed by atoms with van der Waals surface area (Å²) in [6.07, 6.45) is 4.69. The van der Waals surface area contributed by atoms with E-state index in [-0.39, 0.29) is 5.82 Å². The maximum Gasteiger partial charge on any atom is 0.191 e. The summed E-state index contributed by atoms with van der Waals surface area (Å²) >= 11 is 0. The smallest absolute Gasteiger partial charge is 0.191 e. The minimum atomic E-state index is -0.280. The number of aliphatic imine (C=N–C) groups is 1. The molecule has 0 aliphatic heterocycles. The molecule has 1 heterocycles. The average molecular weight is 381 g/mol. The van der Waals surface area contributed by atoms with E-state index in [1.807, 2.05) is 41.2 Å². The Balaban J connectivity index is 1.40. The van der Waals surface area contributed by atoms with Gasteiger partial charge in [0.2, 0.25) is 0 Å². The van der Waals surface area contributed by atoms with E-state index in [2.05, 4.69) is 20.7 Å². The summed E-state index contributed by atoms with van der Waals surface area (Å²) in [6.45, 7) is 2.33. The molecule has 0 aliphatic rings. The fraction of sp³-hybridized carbons (Fsp3) is 0.238. The predicted octanol–water partition coefficient (Wildman–Crippen LogP) is 3.57. The van der Waals surface area contributed by atoms with Crippen molar-refractivity contribution in [3.05, 3.63) is 78.4 Å². The summed E-state index contributed by atoms with van der Waals surface area (Å²) < 4.78 is 20.5. The van der Waals surface area contributed by atoms with E-state index in [1.165, 1.54) is 12.1 Å². The second-order valence-corrected chi connectivity index (χ2v) is 6.18. The zero-order valence-electron chi connectivity index (χ0n) is 15.8. The lowest BCUT2D eigenvalue weighted by Gasteiger charge is -2.12. The second kappa shape index (κ2) is 10.1. The molecule has 0 bridgehead atoms. The summed E-state index contributed by atoms with van der Waals surface area (Å²) in [7, 11) is 1.75. The van der Waals surface area contributed by atoms with E-state index < -0.39 is 0 Å². The van der Waals surface area contributed by atoms with E-state index in [0.717, 1.165) is 31.0 Å². The molecule has 3 aromatic rings. The van der Waals surface area contributed by atoms with E-state index in [1.54, 1.807) is 25.4 Å². The van der Waals surface area contributed by atoms with Crippen LogP contribution in [0, 0.1) is 5.82 Å². The molecule has 0 radical (unpaired) electrons. The SMILES string of the molecule is CN=C(NCCCn1cccn1)NCc1ccc(Oc2ccc(F)cc2)cc1. The maximum absolute atomic E-state index is 12.9. The van der Waals surface area contributed by atoms with Crippen LogP contribution in [0.5, 0.6) is 11.5 Å². The third kappa shape index (κ3) is 6.12. The summed E-state index contributed by atoms with van der Waals surface area (Å²) in [5.41, 5.74) is 1.10. The minimum Gasteiger partial charge on any atom is -0.457 e. The van der Waals surface area contributed by atoms with Crippen LogP contribution in [-0.2, 0) is 13.1 Å². The first-order valence-corrected chi connectivity index (χ1v) is 9.17. The summed E-state index contributed by atoms with van der Waals surface area (Å²) in [5.74, 6) is 1.78. The molecule has 2 aromatic carbocycles. The Morgan fingerprint density at radius 3 is 2.43 bits per heavy atom. The van der Waals surface area contributed by atoms with Gasteiger partial charge in [-0.3, -0.25) is 9.67 Å². The number of ether oxygens (including phenoxy) is 1. The average Bonchev–Trinajstić information content (AvgIpc) is 3.24. The number of rotatable bonds is 8. The van der Waals surface area contributed by atoms with Gasteiger partial charge in [0.05, 0.1) is 0 Å². The maximum atomic E-state index is 12.9. The highest BCUT2D eigenvalue weighted by Gasteiger charge is 2.01. The number of halogens is 1. The molecule has 0 aliphatic carbocycles. The van der Waals surface area contributed by atoms with Crippen molar-refractivity contribution in [2.24, 2.45) is 4.99 Å². The normalized spacial score (nSPS) is 11.3. The van der Waals surface area contributed by atoms with Gasteiger partial charge in [-0.1, -0.05) is 12.1 Å². The predicted molar refractivity (Wildman–Crippen MR) is 108 cm³/mol. The Kier molecular flexibility index (Phi) is 7.01. The monoisotopic (exact) mass is 381 g/mol. The number of benzene rings is 2. The molecule has 1 aromatic heterocycles. The molecule has 28 heavy (non-hydrogen) atoms. The van der Waals surface area contributed by atoms with Gasteiger partial charge in [-0.15, -0.1) is 0 Å². The van der Waals surface area contributed by atoms with Gasteiger partial charge in [-0.2, -0.15) is 5.10 Å². The Bertz CT molecular complexity index is 861. The molecule has 7 heteroatoms. The zero-order chi connectivity index (χ0) is 19.6. The number of hydrogen-bond donors (Lipinski definition) is 2. The Hall–Kier alpha value is -3.35. The molecule has 0 amide bonds. The van der Waals surface area contributed by atoms with Crippen LogP contribution in [0.1, 0.15) is 12.0 Å². The highest BCUT2D eigenvalue weighted by Crippen LogP contribution is 2.21. The van der Waals surface area contributed by atoms with Crippen molar-refractivity contribution in [3.63, 3.8) is 0 Å². The van der Waals surface area contributed by atoms with Crippen LogP contribution in [-0.4, -0.2) is 29.3 Å². The highest BCUT2D eigenvalue weighted by atomic mass is 19.1. The van der Waals surface area contributed by atoms with Crippen molar-refractivity contribution in [1.29, 1.82) is 0 Å². The van der Waals surface area contributed by atoms with Crippen LogP contribution in [0.2, 0.25) is 0 Å². The molecule has 6 nitrogen and oxygen atoms in total. The quantitative estimate of drug-likeness (QED) is 0.356. The zero-order valence-corrected chi connectivity index (χ0v) is 15.8. The molecule has 0 unspecified atom stereocenters. The number of nitrogens with one attached hydrogen (secondary N) is 2. The lowest BCUT2D eigenvalue weighted by atomic mass is 10.2. The fourth-order valence-corrected chi connectivity index (χ4v) is 2.60. The molecule has 0 fully saturated rings. The molecule has 3 rings (SSSR count). The van der Waals surface area contributed by atoms with Gasteiger partial charge in [0, 0.05) is 39.1 Å². The standard InChI is InChI=1S/C21H24FN5O/c1-23-21(24-12-2-14-27-15-3-13-26-27)25-16-17-4-8-19(9-5-17)28-20-10-6-18(22)7-11-20/h3-11,13,15H,2,12,14,16H2,1H3,(H2,23,24,25). The molecule has 0 saturated heterocycles. The van der Waals surface area contributed by atoms with E-state index in [0.29, 0.717) is 18.0 Å². The highest BCUT2D eigenvalue weighted by molar-refractivity contribution is 5.79.